The van der Waals surface area contributed by atoms with Crippen LogP contribution >= 0.6 is 0 Å². The van der Waals surface area contributed by atoms with Crippen LogP contribution in [0.2, 0.25) is 0 Å². The van der Waals surface area contributed by atoms with Crippen molar-refractivity contribution in [2.75, 3.05) is 13.7 Å². The Kier molecular flexibility index (Phi) is 6.72. The molecule has 26 heavy (non-hydrogen) atoms. The first-order valence-corrected chi connectivity index (χ1v) is 8.50. The average molecular weight is 356 g/mol. The Balaban J connectivity index is 2.14. The molecule has 0 unspecified atom stereocenters. The van der Waals surface area contributed by atoms with Gasteiger partial charge in [-0.05, 0) is 54.7 Å². The van der Waals surface area contributed by atoms with Gasteiger partial charge in [0.25, 0.3) is 5.69 Å². The predicted molar refractivity (Wildman–Crippen MR) is 103 cm³/mol. The van der Waals surface area contributed by atoms with Crippen LogP contribution in [-0.4, -0.2) is 24.9 Å². The molecule has 0 spiro atoms. The highest BCUT2D eigenvalue weighted by molar-refractivity contribution is 5.83. The fraction of sp³-hybridized carbons (Fsp3) is 0.350. The monoisotopic (exact) mass is 356 g/mol. The fourth-order valence-electron chi connectivity index (χ4n) is 2.33. The molecule has 0 bridgehead atoms. The first kappa shape index (κ1) is 19.4. The molecule has 0 amide bonds. The van der Waals surface area contributed by atoms with Gasteiger partial charge in [0.2, 0.25) is 0 Å². The molecule has 6 heteroatoms. The molecule has 0 aliphatic heterocycles. The van der Waals surface area contributed by atoms with Crippen molar-refractivity contribution < 1.29 is 14.4 Å². The SMILES string of the molecule is COc1cc(C=Nc2ccc([N+](=O)[O-])cc2C)ccc1OCCC(C)C. The fourth-order valence-corrected chi connectivity index (χ4v) is 2.33. The smallest absolute Gasteiger partial charge is 0.269 e. The maximum atomic E-state index is 10.8. The zero-order valence-electron chi connectivity index (χ0n) is 15.6. The van der Waals surface area contributed by atoms with Crippen molar-refractivity contribution >= 4 is 17.6 Å². The Morgan fingerprint density at radius 3 is 2.58 bits per heavy atom. The minimum atomic E-state index is -0.413. The third-order valence-corrected chi connectivity index (χ3v) is 3.88. The highest BCUT2D eigenvalue weighted by Crippen LogP contribution is 2.29. The number of hydrogen-bond acceptors (Lipinski definition) is 5. The third-order valence-electron chi connectivity index (χ3n) is 3.88. The largest absolute Gasteiger partial charge is 0.493 e. The van der Waals surface area contributed by atoms with Gasteiger partial charge in [-0.3, -0.25) is 15.1 Å². The summed E-state index contributed by atoms with van der Waals surface area (Å²) in [5.41, 5.74) is 2.35. The first-order valence-electron chi connectivity index (χ1n) is 8.50. The van der Waals surface area contributed by atoms with Gasteiger partial charge in [0.05, 0.1) is 24.3 Å². The van der Waals surface area contributed by atoms with Gasteiger partial charge in [-0.2, -0.15) is 0 Å². The molecule has 0 aliphatic carbocycles. The van der Waals surface area contributed by atoms with Crippen molar-refractivity contribution in [3.05, 3.63) is 57.6 Å². The van der Waals surface area contributed by atoms with E-state index in [1.165, 1.54) is 12.1 Å². The molecule has 0 atom stereocenters. The number of methoxy groups -OCH3 is 1. The van der Waals surface area contributed by atoms with Gasteiger partial charge < -0.3 is 9.47 Å². The molecular formula is C20H24N2O4. The molecule has 0 N–H and O–H groups in total. The van der Waals surface area contributed by atoms with E-state index in [4.69, 9.17) is 9.47 Å². The van der Waals surface area contributed by atoms with E-state index in [1.54, 1.807) is 26.3 Å². The van der Waals surface area contributed by atoms with Crippen LogP contribution in [0.4, 0.5) is 11.4 Å². The molecule has 0 aliphatic rings. The molecule has 2 aromatic carbocycles. The van der Waals surface area contributed by atoms with Crippen LogP contribution in [0, 0.1) is 23.0 Å². The van der Waals surface area contributed by atoms with E-state index in [1.807, 2.05) is 18.2 Å². The Labute approximate surface area is 153 Å². The lowest BCUT2D eigenvalue weighted by Gasteiger charge is -2.12. The number of rotatable bonds is 8. The number of hydrogen-bond donors (Lipinski definition) is 0. The summed E-state index contributed by atoms with van der Waals surface area (Å²) in [6.45, 7) is 6.75. The number of aliphatic imine (C=N–C) groups is 1. The summed E-state index contributed by atoms with van der Waals surface area (Å²) in [5, 5.41) is 10.8. The van der Waals surface area contributed by atoms with E-state index in [-0.39, 0.29) is 5.69 Å². The number of nitro groups is 1. The molecule has 2 aromatic rings. The molecule has 0 aromatic heterocycles. The second-order valence-corrected chi connectivity index (χ2v) is 6.43. The van der Waals surface area contributed by atoms with Crippen molar-refractivity contribution in [2.24, 2.45) is 10.9 Å². The van der Waals surface area contributed by atoms with Crippen molar-refractivity contribution in [3.63, 3.8) is 0 Å². The van der Waals surface area contributed by atoms with Gasteiger partial charge in [-0.1, -0.05) is 13.8 Å². The predicted octanol–water partition coefficient (Wildman–Crippen LogP) is 5.09. The second-order valence-electron chi connectivity index (χ2n) is 6.43. The standard InChI is InChI=1S/C20H24N2O4/c1-14(2)9-10-26-19-8-5-16(12-20(19)25-4)13-21-18-7-6-17(22(23)24)11-15(18)3/h5-8,11-14H,9-10H2,1-4H3. The Morgan fingerprint density at radius 2 is 1.96 bits per heavy atom. The first-order chi connectivity index (χ1) is 12.4. The lowest BCUT2D eigenvalue weighted by Crippen LogP contribution is -2.03. The van der Waals surface area contributed by atoms with E-state index < -0.39 is 4.92 Å². The number of benzene rings is 2. The molecule has 138 valence electrons. The van der Waals surface area contributed by atoms with Crippen LogP contribution in [0.1, 0.15) is 31.4 Å². The van der Waals surface area contributed by atoms with Crippen molar-refractivity contribution in [1.82, 2.24) is 0 Å². The van der Waals surface area contributed by atoms with Crippen LogP contribution in [0.5, 0.6) is 11.5 Å². The summed E-state index contributed by atoms with van der Waals surface area (Å²) >= 11 is 0. The van der Waals surface area contributed by atoms with Crippen LogP contribution in [-0.2, 0) is 0 Å². The van der Waals surface area contributed by atoms with Gasteiger partial charge in [0.1, 0.15) is 0 Å². The minimum Gasteiger partial charge on any atom is -0.493 e. The topological polar surface area (TPSA) is 74.0 Å². The molecule has 0 radical (unpaired) electrons. The maximum Gasteiger partial charge on any atom is 0.269 e. The van der Waals surface area contributed by atoms with Gasteiger partial charge in [0.15, 0.2) is 11.5 Å². The van der Waals surface area contributed by atoms with Crippen molar-refractivity contribution in [2.45, 2.75) is 27.2 Å². The lowest BCUT2D eigenvalue weighted by atomic mass is 10.1. The summed E-state index contributed by atoms with van der Waals surface area (Å²) in [6, 6.07) is 10.2. The van der Waals surface area contributed by atoms with E-state index >= 15 is 0 Å². The molecule has 0 heterocycles. The number of nitrogens with zero attached hydrogens (tertiary/aromatic N) is 2. The summed E-state index contributed by atoms with van der Waals surface area (Å²) in [6.07, 6.45) is 2.68. The van der Waals surface area contributed by atoms with E-state index in [9.17, 15) is 10.1 Å². The third kappa shape index (κ3) is 5.31. The Morgan fingerprint density at radius 1 is 1.19 bits per heavy atom. The Bertz CT molecular complexity index is 800. The number of aryl methyl sites for hydroxylation is 1. The summed E-state index contributed by atoms with van der Waals surface area (Å²) in [4.78, 5) is 14.8. The van der Waals surface area contributed by atoms with E-state index in [0.717, 1.165) is 17.5 Å². The Hall–Kier alpha value is -2.89. The second kappa shape index (κ2) is 8.99. The number of nitro benzene ring substituents is 1. The summed E-state index contributed by atoms with van der Waals surface area (Å²) in [7, 11) is 1.60. The highest BCUT2D eigenvalue weighted by atomic mass is 16.6. The molecular weight excluding hydrogens is 332 g/mol. The van der Waals surface area contributed by atoms with Crippen LogP contribution in [0.3, 0.4) is 0 Å². The molecule has 2 rings (SSSR count). The quantitative estimate of drug-likeness (QED) is 0.375. The number of non-ortho nitro benzene ring substituents is 1. The van der Waals surface area contributed by atoms with Gasteiger partial charge in [-0.15, -0.1) is 0 Å². The molecule has 6 nitrogen and oxygen atoms in total. The van der Waals surface area contributed by atoms with Crippen molar-refractivity contribution in [3.8, 4) is 11.5 Å². The maximum absolute atomic E-state index is 10.8. The van der Waals surface area contributed by atoms with Crippen LogP contribution in [0.15, 0.2) is 41.4 Å². The normalized spacial score (nSPS) is 11.1. The van der Waals surface area contributed by atoms with E-state index in [2.05, 4.69) is 18.8 Å². The van der Waals surface area contributed by atoms with E-state index in [0.29, 0.717) is 29.7 Å². The highest BCUT2D eigenvalue weighted by Gasteiger charge is 2.08. The average Bonchev–Trinajstić information content (AvgIpc) is 2.60. The van der Waals surface area contributed by atoms with Crippen LogP contribution in [0.25, 0.3) is 0 Å². The van der Waals surface area contributed by atoms with Gasteiger partial charge in [0, 0.05) is 18.3 Å². The zero-order chi connectivity index (χ0) is 19.1. The minimum absolute atomic E-state index is 0.0611. The van der Waals surface area contributed by atoms with Crippen molar-refractivity contribution in [1.29, 1.82) is 0 Å². The molecule has 0 saturated heterocycles. The zero-order valence-corrected chi connectivity index (χ0v) is 15.6. The molecule has 0 fully saturated rings. The summed E-state index contributed by atoms with van der Waals surface area (Å²) in [5.74, 6) is 1.94. The number of ether oxygens (including phenoxy) is 2. The van der Waals surface area contributed by atoms with Gasteiger partial charge in [-0.25, -0.2) is 0 Å². The van der Waals surface area contributed by atoms with Gasteiger partial charge >= 0.3 is 0 Å². The van der Waals surface area contributed by atoms with Crippen LogP contribution < -0.4 is 9.47 Å². The molecule has 0 saturated carbocycles. The summed E-state index contributed by atoms with van der Waals surface area (Å²) < 4.78 is 11.2. The lowest BCUT2D eigenvalue weighted by molar-refractivity contribution is -0.384.